The van der Waals surface area contributed by atoms with E-state index in [-0.39, 0.29) is 6.61 Å². The van der Waals surface area contributed by atoms with Crippen molar-refractivity contribution >= 4 is 17.3 Å². The van der Waals surface area contributed by atoms with Crippen molar-refractivity contribution in [1.29, 1.82) is 0 Å². The molecular weight excluding hydrogens is 302 g/mol. The minimum atomic E-state index is 0.0429. The zero-order valence-electron chi connectivity index (χ0n) is 13.5. The maximum Gasteiger partial charge on any atom is 0.245 e. The number of piperidine rings is 1. The van der Waals surface area contributed by atoms with Crippen molar-refractivity contribution in [3.8, 4) is 11.1 Å². The third-order valence-corrected chi connectivity index (χ3v) is 4.61. The predicted octanol–water partition coefficient (Wildman–Crippen LogP) is 2.46. The van der Waals surface area contributed by atoms with Gasteiger partial charge in [-0.1, -0.05) is 24.3 Å². The summed E-state index contributed by atoms with van der Waals surface area (Å²) >= 11 is 0. The summed E-state index contributed by atoms with van der Waals surface area (Å²) in [6.45, 7) is 2.02. The number of benzene rings is 1. The van der Waals surface area contributed by atoms with Crippen LogP contribution in [0.3, 0.4) is 0 Å². The van der Waals surface area contributed by atoms with Crippen LogP contribution in [-0.4, -0.2) is 32.8 Å². The Labute approximate surface area is 140 Å². The molecule has 2 aromatic heterocycles. The van der Waals surface area contributed by atoms with E-state index in [1.165, 1.54) is 19.3 Å². The van der Waals surface area contributed by atoms with Crippen LogP contribution in [0.1, 0.15) is 24.8 Å². The van der Waals surface area contributed by atoms with E-state index >= 15 is 0 Å². The predicted molar refractivity (Wildman–Crippen MR) is 94.8 cm³/mol. The normalized spacial score (nSPS) is 15.1. The van der Waals surface area contributed by atoms with Crippen LogP contribution >= 0.6 is 0 Å². The monoisotopic (exact) mass is 323 g/mol. The summed E-state index contributed by atoms with van der Waals surface area (Å²) in [5.41, 5.74) is 10.0. The largest absolute Gasteiger partial charge is 0.392 e. The number of hydrogen-bond acceptors (Lipinski definition) is 5. The molecule has 24 heavy (non-hydrogen) atoms. The van der Waals surface area contributed by atoms with Crippen molar-refractivity contribution in [2.24, 2.45) is 0 Å². The average Bonchev–Trinajstić information content (AvgIpc) is 3.07. The smallest absolute Gasteiger partial charge is 0.245 e. The number of aliphatic hydroxyl groups is 1. The fraction of sp³-hybridized carbons (Fsp3) is 0.333. The summed E-state index contributed by atoms with van der Waals surface area (Å²) in [6, 6.07) is 9.81. The van der Waals surface area contributed by atoms with Gasteiger partial charge in [-0.3, -0.25) is 0 Å². The highest BCUT2D eigenvalue weighted by molar-refractivity contribution is 5.87. The number of nitrogens with zero attached hydrogens (tertiary/aromatic N) is 4. The molecule has 0 spiro atoms. The Morgan fingerprint density at radius 3 is 2.50 bits per heavy atom. The molecule has 0 aliphatic carbocycles. The van der Waals surface area contributed by atoms with Crippen LogP contribution in [0.25, 0.3) is 16.6 Å². The van der Waals surface area contributed by atoms with E-state index in [4.69, 9.17) is 5.73 Å². The Morgan fingerprint density at radius 1 is 1.04 bits per heavy atom. The van der Waals surface area contributed by atoms with Gasteiger partial charge < -0.3 is 15.7 Å². The molecule has 0 amide bonds. The van der Waals surface area contributed by atoms with E-state index < -0.39 is 0 Å². The van der Waals surface area contributed by atoms with Gasteiger partial charge in [0.1, 0.15) is 5.52 Å². The lowest BCUT2D eigenvalue weighted by Gasteiger charge is -2.26. The van der Waals surface area contributed by atoms with Crippen molar-refractivity contribution in [1.82, 2.24) is 14.6 Å². The van der Waals surface area contributed by atoms with Gasteiger partial charge in [-0.2, -0.15) is 4.98 Å². The Kier molecular flexibility index (Phi) is 3.82. The van der Waals surface area contributed by atoms with E-state index in [0.29, 0.717) is 11.8 Å². The SMILES string of the molecule is Nc1nc(N2CCCCC2)nn2ccc(-c3ccc(CO)cc3)c12. The Bertz CT molecular complexity index is 850. The van der Waals surface area contributed by atoms with Crippen LogP contribution < -0.4 is 10.6 Å². The van der Waals surface area contributed by atoms with Gasteiger partial charge in [0.05, 0.1) is 6.61 Å². The molecule has 0 unspecified atom stereocenters. The maximum absolute atomic E-state index is 9.18. The first-order valence-electron chi connectivity index (χ1n) is 8.36. The molecular formula is C18H21N5O. The number of rotatable bonds is 3. The van der Waals surface area contributed by atoms with Gasteiger partial charge in [-0.05, 0) is 36.5 Å². The number of hydrogen-bond donors (Lipinski definition) is 2. The van der Waals surface area contributed by atoms with Crippen LogP contribution in [0, 0.1) is 0 Å². The van der Waals surface area contributed by atoms with Crippen LogP contribution in [0.2, 0.25) is 0 Å². The summed E-state index contributed by atoms with van der Waals surface area (Å²) in [7, 11) is 0. The van der Waals surface area contributed by atoms with Gasteiger partial charge in [0, 0.05) is 24.8 Å². The summed E-state index contributed by atoms with van der Waals surface area (Å²) in [5, 5.41) is 13.8. The van der Waals surface area contributed by atoms with Crippen LogP contribution in [0.15, 0.2) is 36.5 Å². The van der Waals surface area contributed by atoms with Crippen molar-refractivity contribution in [2.45, 2.75) is 25.9 Å². The fourth-order valence-corrected chi connectivity index (χ4v) is 3.29. The standard InChI is InChI=1S/C18H21N5O/c19-17-16-15(14-6-4-13(12-24)5-7-14)8-11-23(16)21-18(20-17)22-9-2-1-3-10-22/h4-8,11,24H,1-3,9-10,12H2,(H2,19,20,21). The number of nitrogen functional groups attached to an aromatic ring is 1. The Hall–Kier alpha value is -2.60. The van der Waals surface area contributed by atoms with Gasteiger partial charge in [0.15, 0.2) is 5.82 Å². The molecule has 0 bridgehead atoms. The third-order valence-electron chi connectivity index (χ3n) is 4.61. The highest BCUT2D eigenvalue weighted by atomic mass is 16.3. The minimum absolute atomic E-state index is 0.0429. The van der Waals surface area contributed by atoms with Crippen LogP contribution in [0.5, 0.6) is 0 Å². The molecule has 6 heteroatoms. The van der Waals surface area contributed by atoms with E-state index in [1.807, 2.05) is 41.0 Å². The molecule has 1 aliphatic rings. The maximum atomic E-state index is 9.18. The van der Waals surface area contributed by atoms with Crippen molar-refractivity contribution in [3.05, 3.63) is 42.1 Å². The molecule has 3 heterocycles. The molecule has 1 saturated heterocycles. The molecule has 6 nitrogen and oxygen atoms in total. The second-order valence-electron chi connectivity index (χ2n) is 6.22. The number of fused-ring (bicyclic) bond motifs is 1. The van der Waals surface area contributed by atoms with Crippen LogP contribution in [-0.2, 0) is 6.61 Å². The van der Waals surface area contributed by atoms with Crippen LogP contribution in [0.4, 0.5) is 11.8 Å². The summed E-state index contributed by atoms with van der Waals surface area (Å²) < 4.78 is 1.82. The van der Waals surface area contributed by atoms with Crippen molar-refractivity contribution < 1.29 is 5.11 Å². The minimum Gasteiger partial charge on any atom is -0.392 e. The molecule has 0 saturated carbocycles. The zero-order valence-corrected chi connectivity index (χ0v) is 13.5. The molecule has 3 N–H and O–H groups in total. The van der Waals surface area contributed by atoms with Gasteiger partial charge >= 0.3 is 0 Å². The topological polar surface area (TPSA) is 79.7 Å². The summed E-state index contributed by atoms with van der Waals surface area (Å²) in [6.07, 6.45) is 5.55. The molecule has 0 atom stereocenters. The Morgan fingerprint density at radius 2 is 1.79 bits per heavy atom. The molecule has 124 valence electrons. The van der Waals surface area contributed by atoms with Crippen molar-refractivity contribution in [3.63, 3.8) is 0 Å². The summed E-state index contributed by atoms with van der Waals surface area (Å²) in [4.78, 5) is 6.75. The molecule has 3 aromatic rings. The first-order valence-corrected chi connectivity index (χ1v) is 8.36. The first-order chi connectivity index (χ1) is 11.8. The van der Waals surface area contributed by atoms with E-state index in [9.17, 15) is 5.11 Å². The lowest BCUT2D eigenvalue weighted by atomic mass is 10.1. The number of aliphatic hydroxyl groups excluding tert-OH is 1. The highest BCUT2D eigenvalue weighted by Crippen LogP contribution is 2.30. The van der Waals surface area contributed by atoms with E-state index in [2.05, 4.69) is 15.0 Å². The second kappa shape index (κ2) is 6.13. The van der Waals surface area contributed by atoms with Gasteiger partial charge in [-0.15, -0.1) is 5.10 Å². The van der Waals surface area contributed by atoms with Gasteiger partial charge in [-0.25, -0.2) is 4.52 Å². The number of nitrogens with two attached hydrogens (primary N) is 1. The van der Waals surface area contributed by atoms with Gasteiger partial charge in [0.2, 0.25) is 5.95 Å². The summed E-state index contributed by atoms with van der Waals surface area (Å²) in [5.74, 6) is 1.20. The Balaban J connectivity index is 1.75. The molecule has 0 radical (unpaired) electrons. The number of anilines is 2. The number of aromatic nitrogens is 3. The first kappa shape index (κ1) is 15.0. The third kappa shape index (κ3) is 2.59. The quantitative estimate of drug-likeness (QED) is 0.774. The molecule has 1 aromatic carbocycles. The highest BCUT2D eigenvalue weighted by Gasteiger charge is 2.17. The molecule has 1 aliphatic heterocycles. The van der Waals surface area contributed by atoms with Crippen molar-refractivity contribution in [2.75, 3.05) is 23.7 Å². The zero-order chi connectivity index (χ0) is 16.5. The molecule has 4 rings (SSSR count). The lowest BCUT2D eigenvalue weighted by Crippen LogP contribution is -2.31. The van der Waals surface area contributed by atoms with Gasteiger partial charge in [0.25, 0.3) is 0 Å². The fourth-order valence-electron chi connectivity index (χ4n) is 3.29. The average molecular weight is 323 g/mol. The van der Waals surface area contributed by atoms with E-state index in [0.717, 1.165) is 35.3 Å². The lowest BCUT2D eigenvalue weighted by molar-refractivity contribution is 0.282. The molecule has 1 fully saturated rings. The van der Waals surface area contributed by atoms with E-state index in [1.54, 1.807) is 0 Å². The second-order valence-corrected chi connectivity index (χ2v) is 6.22.